The van der Waals surface area contributed by atoms with Crippen molar-refractivity contribution in [3.63, 3.8) is 0 Å². The van der Waals surface area contributed by atoms with Gasteiger partial charge in [0.15, 0.2) is 5.58 Å². The van der Waals surface area contributed by atoms with Gasteiger partial charge in [-0.25, -0.2) is 4.98 Å². The summed E-state index contributed by atoms with van der Waals surface area (Å²) in [4.78, 5) is 7.12. The van der Waals surface area contributed by atoms with Gasteiger partial charge in [-0.2, -0.15) is 0 Å². The molecule has 0 atom stereocenters. The lowest BCUT2D eigenvalue weighted by Crippen LogP contribution is -2.11. The van der Waals surface area contributed by atoms with Gasteiger partial charge in [0.05, 0.1) is 5.69 Å². The summed E-state index contributed by atoms with van der Waals surface area (Å²) in [5.74, 6) is 0.594. The fourth-order valence-corrected chi connectivity index (χ4v) is 7.28. The topological polar surface area (TPSA) is 42.4 Å². The second-order valence-corrected chi connectivity index (χ2v) is 13.2. The molecule has 4 nitrogen and oxygen atoms in total. The summed E-state index contributed by atoms with van der Waals surface area (Å²) in [6, 6.07) is 67.7. The van der Waals surface area contributed by atoms with Crippen LogP contribution < -0.4 is 4.90 Å². The number of fused-ring (bicyclic) bond motifs is 4. The normalized spacial score (nSPS) is 11.4. The molecule has 53 heavy (non-hydrogen) atoms. The number of anilines is 3. The van der Waals surface area contributed by atoms with Crippen LogP contribution in [-0.4, -0.2) is 4.98 Å². The Kier molecular flexibility index (Phi) is 7.43. The second-order valence-electron chi connectivity index (χ2n) is 13.2. The quantitative estimate of drug-likeness (QED) is 0.168. The highest BCUT2D eigenvalue weighted by Gasteiger charge is 2.20. The Balaban J connectivity index is 1.12. The number of aromatic nitrogens is 1. The van der Waals surface area contributed by atoms with Gasteiger partial charge in [-0.1, -0.05) is 133 Å². The minimum atomic E-state index is 0.594. The Morgan fingerprint density at radius 2 is 0.887 bits per heavy atom. The highest BCUT2D eigenvalue weighted by molar-refractivity contribution is 6.10. The number of oxazole rings is 1. The standard InChI is InChI=1S/C49H32N2O2/c1-4-12-33(13-5-1)35-20-22-37(23-21-35)41-18-10-11-19-45(41)51(39-26-24-36(25-27-39)34-14-6-2-7-15-34)40-28-29-46-42(30-40)43-31-48-44(32-47(43)52-46)50-49(53-48)38-16-8-3-9-17-38/h1-32H. The average Bonchev–Trinajstić information content (AvgIpc) is 3.82. The Morgan fingerprint density at radius 3 is 1.57 bits per heavy atom. The predicted octanol–water partition coefficient (Wildman–Crippen LogP) is 13.9. The number of hydrogen-bond donors (Lipinski definition) is 0. The van der Waals surface area contributed by atoms with Crippen molar-refractivity contribution in [2.45, 2.75) is 0 Å². The molecule has 10 rings (SSSR count). The summed E-state index contributed by atoms with van der Waals surface area (Å²) >= 11 is 0. The largest absolute Gasteiger partial charge is 0.456 e. The monoisotopic (exact) mass is 680 g/mol. The van der Waals surface area contributed by atoms with Crippen LogP contribution in [0, 0.1) is 0 Å². The van der Waals surface area contributed by atoms with E-state index in [4.69, 9.17) is 13.8 Å². The van der Waals surface area contributed by atoms with E-state index in [0.29, 0.717) is 5.89 Å². The van der Waals surface area contributed by atoms with Crippen LogP contribution >= 0.6 is 0 Å². The maximum Gasteiger partial charge on any atom is 0.227 e. The Labute approximate surface area is 306 Å². The van der Waals surface area contributed by atoms with E-state index in [2.05, 4.69) is 157 Å². The highest BCUT2D eigenvalue weighted by atomic mass is 16.4. The van der Waals surface area contributed by atoms with Crippen molar-refractivity contribution in [3.05, 3.63) is 194 Å². The third kappa shape index (κ3) is 5.63. The van der Waals surface area contributed by atoms with E-state index in [1.165, 1.54) is 22.3 Å². The molecule has 0 fully saturated rings. The molecule has 250 valence electrons. The fourth-order valence-electron chi connectivity index (χ4n) is 7.28. The number of rotatable bonds is 7. The molecule has 2 heterocycles. The number of nitrogens with zero attached hydrogens (tertiary/aromatic N) is 2. The van der Waals surface area contributed by atoms with Crippen LogP contribution in [0.15, 0.2) is 203 Å². The van der Waals surface area contributed by atoms with Gasteiger partial charge in [0.2, 0.25) is 5.89 Å². The van der Waals surface area contributed by atoms with Gasteiger partial charge in [0.1, 0.15) is 16.7 Å². The van der Waals surface area contributed by atoms with Crippen molar-refractivity contribution in [1.29, 1.82) is 0 Å². The number of benzene rings is 8. The van der Waals surface area contributed by atoms with Gasteiger partial charge in [0, 0.05) is 39.3 Å². The van der Waals surface area contributed by atoms with Crippen LogP contribution in [0.25, 0.3) is 77.9 Å². The van der Waals surface area contributed by atoms with E-state index in [9.17, 15) is 0 Å². The lowest BCUT2D eigenvalue weighted by molar-refractivity contribution is 0.620. The number of furan rings is 1. The van der Waals surface area contributed by atoms with Gasteiger partial charge >= 0.3 is 0 Å². The molecule has 10 aromatic rings. The maximum atomic E-state index is 6.43. The highest BCUT2D eigenvalue weighted by Crippen LogP contribution is 2.44. The Hall–Kier alpha value is -7.17. The molecule has 0 aliphatic rings. The lowest BCUT2D eigenvalue weighted by atomic mass is 9.98. The van der Waals surface area contributed by atoms with Crippen molar-refractivity contribution < 1.29 is 8.83 Å². The smallest absolute Gasteiger partial charge is 0.227 e. The number of hydrogen-bond acceptors (Lipinski definition) is 4. The molecule has 0 saturated heterocycles. The van der Waals surface area contributed by atoms with E-state index in [0.717, 1.165) is 66.8 Å². The summed E-state index contributed by atoms with van der Waals surface area (Å²) in [6.45, 7) is 0. The molecule has 4 heteroatoms. The van der Waals surface area contributed by atoms with E-state index < -0.39 is 0 Å². The molecular weight excluding hydrogens is 649 g/mol. The summed E-state index contributed by atoms with van der Waals surface area (Å²) in [5.41, 5.74) is 14.2. The zero-order valence-electron chi connectivity index (χ0n) is 28.7. The molecule has 0 amide bonds. The summed E-state index contributed by atoms with van der Waals surface area (Å²) < 4.78 is 12.7. The Morgan fingerprint density at radius 1 is 0.358 bits per heavy atom. The molecule has 0 bridgehead atoms. The van der Waals surface area contributed by atoms with E-state index >= 15 is 0 Å². The van der Waals surface area contributed by atoms with Gasteiger partial charge in [-0.15, -0.1) is 0 Å². The van der Waals surface area contributed by atoms with Gasteiger partial charge in [0.25, 0.3) is 0 Å². The molecule has 0 N–H and O–H groups in total. The first kappa shape index (κ1) is 30.6. The van der Waals surface area contributed by atoms with Gasteiger partial charge in [-0.05, 0) is 82.4 Å². The zero-order valence-corrected chi connectivity index (χ0v) is 28.7. The van der Waals surface area contributed by atoms with Crippen LogP contribution in [-0.2, 0) is 0 Å². The third-order valence-corrected chi connectivity index (χ3v) is 9.92. The van der Waals surface area contributed by atoms with E-state index in [1.807, 2.05) is 42.5 Å². The minimum Gasteiger partial charge on any atom is -0.456 e. The van der Waals surface area contributed by atoms with Crippen molar-refractivity contribution in [1.82, 2.24) is 4.98 Å². The Bertz CT molecular complexity index is 2860. The molecule has 2 aromatic heterocycles. The minimum absolute atomic E-state index is 0.594. The first-order valence-corrected chi connectivity index (χ1v) is 17.8. The zero-order chi connectivity index (χ0) is 35.1. The molecule has 0 saturated carbocycles. The summed E-state index contributed by atoms with van der Waals surface area (Å²) in [5, 5.41) is 1.99. The fraction of sp³-hybridized carbons (Fsp3) is 0. The van der Waals surface area contributed by atoms with Crippen molar-refractivity contribution in [2.24, 2.45) is 0 Å². The molecule has 8 aromatic carbocycles. The average molecular weight is 681 g/mol. The van der Waals surface area contributed by atoms with E-state index in [1.54, 1.807) is 0 Å². The maximum absolute atomic E-state index is 6.43. The lowest BCUT2D eigenvalue weighted by Gasteiger charge is -2.28. The predicted molar refractivity (Wildman–Crippen MR) is 218 cm³/mol. The molecule has 0 spiro atoms. The van der Waals surface area contributed by atoms with E-state index in [-0.39, 0.29) is 0 Å². The van der Waals surface area contributed by atoms with Crippen molar-refractivity contribution in [2.75, 3.05) is 4.90 Å². The van der Waals surface area contributed by atoms with Crippen molar-refractivity contribution in [3.8, 4) is 44.8 Å². The van der Waals surface area contributed by atoms with Crippen molar-refractivity contribution >= 4 is 50.1 Å². The van der Waals surface area contributed by atoms with Crippen LogP contribution in [0.5, 0.6) is 0 Å². The SMILES string of the molecule is c1ccc(-c2ccc(-c3ccccc3N(c3ccc(-c4ccccc4)cc3)c3ccc4oc5cc6nc(-c7ccccc7)oc6cc5c4c3)cc2)cc1. The molecule has 0 aliphatic heterocycles. The van der Waals surface area contributed by atoms with Crippen LogP contribution in [0.1, 0.15) is 0 Å². The van der Waals surface area contributed by atoms with Crippen LogP contribution in [0.3, 0.4) is 0 Å². The summed E-state index contributed by atoms with van der Waals surface area (Å²) in [6.07, 6.45) is 0. The first-order chi connectivity index (χ1) is 26.2. The molecule has 0 aliphatic carbocycles. The molecule has 0 radical (unpaired) electrons. The van der Waals surface area contributed by atoms with Crippen LogP contribution in [0.2, 0.25) is 0 Å². The first-order valence-electron chi connectivity index (χ1n) is 17.8. The molecule has 0 unspecified atom stereocenters. The summed E-state index contributed by atoms with van der Waals surface area (Å²) in [7, 11) is 0. The van der Waals surface area contributed by atoms with Gasteiger partial charge < -0.3 is 13.7 Å². The molecular formula is C49H32N2O2. The number of para-hydroxylation sites is 1. The second kappa shape index (κ2) is 12.9. The van der Waals surface area contributed by atoms with Crippen LogP contribution in [0.4, 0.5) is 17.1 Å². The third-order valence-electron chi connectivity index (χ3n) is 9.92. The van der Waals surface area contributed by atoms with Gasteiger partial charge in [-0.3, -0.25) is 0 Å².